The SMILES string of the molecule is Cn1ncc2cccc(N(COCC[Si](C)(C)C)S(=O)(=O)c3ccc(-n4cc(C5(F)CC5)cn4)nc3)c21. The molecule has 0 unspecified atom stereocenters. The summed E-state index contributed by atoms with van der Waals surface area (Å²) in [5.41, 5.74) is 0.374. The second kappa shape index (κ2) is 9.33. The minimum atomic E-state index is -4.04. The van der Waals surface area contributed by atoms with Crippen molar-refractivity contribution in [2.45, 2.75) is 49.1 Å². The van der Waals surface area contributed by atoms with Crippen LogP contribution in [-0.2, 0) is 27.5 Å². The number of ether oxygens (including phenoxy) is 1. The summed E-state index contributed by atoms with van der Waals surface area (Å²) >= 11 is 0. The van der Waals surface area contributed by atoms with Gasteiger partial charge >= 0.3 is 0 Å². The normalized spacial score (nSPS) is 15.3. The van der Waals surface area contributed by atoms with Gasteiger partial charge in [0.05, 0.1) is 23.6 Å². The number of alkyl halides is 1. The number of anilines is 1. The molecule has 1 aliphatic rings. The van der Waals surface area contributed by atoms with Gasteiger partial charge in [0.15, 0.2) is 5.82 Å². The first-order valence-corrected chi connectivity index (χ1v) is 17.3. The Morgan fingerprint density at radius 2 is 1.89 bits per heavy atom. The predicted octanol–water partition coefficient (Wildman–Crippen LogP) is 4.62. The maximum atomic E-state index is 14.4. The van der Waals surface area contributed by atoms with Crippen molar-refractivity contribution < 1.29 is 17.5 Å². The summed E-state index contributed by atoms with van der Waals surface area (Å²) in [6, 6.07) is 9.41. The number of halogens is 1. The van der Waals surface area contributed by atoms with E-state index < -0.39 is 23.8 Å². The van der Waals surface area contributed by atoms with Crippen LogP contribution in [0.5, 0.6) is 0 Å². The van der Waals surface area contributed by atoms with E-state index in [9.17, 15) is 12.8 Å². The van der Waals surface area contributed by atoms with Gasteiger partial charge in [-0.25, -0.2) is 26.8 Å². The van der Waals surface area contributed by atoms with Crippen LogP contribution >= 0.6 is 0 Å². The molecule has 12 heteroatoms. The largest absolute Gasteiger partial charge is 0.360 e. The number of pyridine rings is 1. The molecular weight excluding hydrogens is 511 g/mol. The van der Waals surface area contributed by atoms with Gasteiger partial charge in [-0.3, -0.25) is 4.68 Å². The highest BCUT2D eigenvalue weighted by Gasteiger charge is 2.46. The van der Waals surface area contributed by atoms with Crippen molar-refractivity contribution in [1.82, 2.24) is 24.5 Å². The molecule has 0 amide bonds. The van der Waals surface area contributed by atoms with Crippen LogP contribution in [0.1, 0.15) is 18.4 Å². The van der Waals surface area contributed by atoms with Crippen LogP contribution in [0.25, 0.3) is 16.7 Å². The fourth-order valence-electron chi connectivity index (χ4n) is 4.07. The molecule has 0 bridgehead atoms. The zero-order valence-corrected chi connectivity index (χ0v) is 23.2. The molecule has 3 aromatic heterocycles. The van der Waals surface area contributed by atoms with E-state index in [1.54, 1.807) is 42.3 Å². The molecule has 0 saturated heterocycles. The first kappa shape index (κ1) is 25.6. The van der Waals surface area contributed by atoms with Crippen molar-refractivity contribution in [3.8, 4) is 5.82 Å². The Labute approximate surface area is 216 Å². The fraction of sp³-hybridized carbons (Fsp3) is 0.400. The average Bonchev–Trinajstić information content (AvgIpc) is 3.25. The van der Waals surface area contributed by atoms with Crippen molar-refractivity contribution in [1.29, 1.82) is 0 Å². The van der Waals surface area contributed by atoms with Crippen LogP contribution < -0.4 is 4.31 Å². The molecule has 0 N–H and O–H groups in total. The van der Waals surface area contributed by atoms with Gasteiger partial charge in [0.2, 0.25) is 0 Å². The van der Waals surface area contributed by atoms with Gasteiger partial charge in [0, 0.05) is 45.1 Å². The Balaban J connectivity index is 1.46. The lowest BCUT2D eigenvalue weighted by Crippen LogP contribution is -2.34. The summed E-state index contributed by atoms with van der Waals surface area (Å²) in [5.74, 6) is 0.404. The van der Waals surface area contributed by atoms with Crippen LogP contribution in [0.2, 0.25) is 25.7 Å². The van der Waals surface area contributed by atoms with Gasteiger partial charge in [-0.05, 0) is 37.1 Å². The Morgan fingerprint density at radius 3 is 2.57 bits per heavy atom. The molecule has 0 aliphatic heterocycles. The third kappa shape index (κ3) is 5.18. The third-order valence-electron chi connectivity index (χ3n) is 6.55. The van der Waals surface area contributed by atoms with E-state index in [2.05, 4.69) is 34.8 Å². The maximum Gasteiger partial charge on any atom is 0.267 e. The Kier molecular flexibility index (Phi) is 6.45. The topological polar surface area (TPSA) is 95.1 Å². The first-order valence-electron chi connectivity index (χ1n) is 12.2. The Bertz CT molecular complexity index is 1520. The molecule has 0 atom stereocenters. The van der Waals surface area contributed by atoms with E-state index in [4.69, 9.17) is 4.74 Å². The molecule has 0 radical (unpaired) electrons. The van der Waals surface area contributed by atoms with Gasteiger partial charge < -0.3 is 4.74 Å². The standard InChI is InChI=1S/C25H31FN6O3SSi/c1-30-24-19(14-28-30)6-5-7-22(24)32(18-35-12-13-37(2,3)4)36(33,34)21-8-9-23(27-16-21)31-17-20(15-29-31)25(26)10-11-25/h5-9,14-17H,10-13,18H2,1-4H3. The smallest absolute Gasteiger partial charge is 0.267 e. The molecule has 1 fully saturated rings. The Hall–Kier alpha value is -3.09. The first-order chi connectivity index (χ1) is 17.5. The number of para-hydroxylation sites is 1. The maximum absolute atomic E-state index is 14.4. The number of rotatable bonds is 10. The summed E-state index contributed by atoms with van der Waals surface area (Å²) in [4.78, 5) is 4.34. The van der Waals surface area contributed by atoms with Gasteiger partial charge in [-0.1, -0.05) is 31.8 Å². The number of benzene rings is 1. The highest BCUT2D eigenvalue weighted by Crippen LogP contribution is 2.49. The predicted molar refractivity (Wildman–Crippen MR) is 143 cm³/mol. The number of sulfonamides is 1. The van der Waals surface area contributed by atoms with Gasteiger partial charge in [-0.2, -0.15) is 10.2 Å². The molecule has 196 valence electrons. The molecular formula is C25H31FN6O3SSi. The fourth-order valence-corrected chi connectivity index (χ4v) is 6.13. The molecule has 1 aromatic carbocycles. The second-order valence-corrected chi connectivity index (χ2v) is 18.2. The zero-order chi connectivity index (χ0) is 26.4. The molecule has 1 aliphatic carbocycles. The minimum Gasteiger partial charge on any atom is -0.360 e. The highest BCUT2D eigenvalue weighted by molar-refractivity contribution is 7.92. The van der Waals surface area contributed by atoms with E-state index in [0.717, 1.165) is 11.4 Å². The summed E-state index contributed by atoms with van der Waals surface area (Å²) < 4.78 is 52.5. The molecule has 3 heterocycles. The van der Waals surface area contributed by atoms with Crippen molar-refractivity contribution in [2.24, 2.45) is 7.05 Å². The number of aromatic nitrogens is 5. The quantitative estimate of drug-likeness (QED) is 0.165. The molecule has 1 saturated carbocycles. The van der Waals surface area contributed by atoms with Crippen LogP contribution in [0, 0.1) is 0 Å². The summed E-state index contributed by atoms with van der Waals surface area (Å²) in [6.07, 6.45) is 7.07. The number of hydrogen-bond acceptors (Lipinski definition) is 6. The van der Waals surface area contributed by atoms with Crippen LogP contribution in [0.3, 0.4) is 0 Å². The number of fused-ring (bicyclic) bond motifs is 1. The second-order valence-electron chi connectivity index (χ2n) is 10.7. The monoisotopic (exact) mass is 542 g/mol. The van der Waals surface area contributed by atoms with Gasteiger partial charge in [0.25, 0.3) is 10.0 Å². The molecule has 9 nitrogen and oxygen atoms in total. The molecule has 0 spiro atoms. The van der Waals surface area contributed by atoms with Crippen molar-refractivity contribution >= 4 is 34.7 Å². The third-order valence-corrected chi connectivity index (χ3v) is 9.97. The highest BCUT2D eigenvalue weighted by atomic mass is 32.2. The summed E-state index contributed by atoms with van der Waals surface area (Å²) in [6.45, 7) is 7.07. The molecule has 4 aromatic rings. The number of nitrogens with zero attached hydrogens (tertiary/aromatic N) is 6. The van der Waals surface area contributed by atoms with Crippen molar-refractivity contribution in [3.63, 3.8) is 0 Å². The lowest BCUT2D eigenvalue weighted by atomic mass is 10.2. The van der Waals surface area contributed by atoms with E-state index in [1.165, 1.54) is 27.4 Å². The molecule has 37 heavy (non-hydrogen) atoms. The average molecular weight is 543 g/mol. The summed E-state index contributed by atoms with van der Waals surface area (Å²) in [7, 11) is -3.61. The zero-order valence-electron chi connectivity index (χ0n) is 21.4. The lowest BCUT2D eigenvalue weighted by Gasteiger charge is -2.26. The number of hydrogen-bond donors (Lipinski definition) is 0. The number of aryl methyl sites for hydroxylation is 1. The van der Waals surface area contributed by atoms with Crippen molar-refractivity contribution in [3.05, 3.63) is 60.7 Å². The van der Waals surface area contributed by atoms with E-state index in [-0.39, 0.29) is 11.6 Å². The van der Waals surface area contributed by atoms with E-state index in [0.29, 0.717) is 42.0 Å². The minimum absolute atomic E-state index is 0.0146. The molecule has 5 rings (SSSR count). The van der Waals surface area contributed by atoms with E-state index >= 15 is 0 Å². The Morgan fingerprint density at radius 1 is 1.11 bits per heavy atom. The van der Waals surface area contributed by atoms with Crippen molar-refractivity contribution in [2.75, 3.05) is 17.6 Å². The van der Waals surface area contributed by atoms with Crippen LogP contribution in [-0.4, -0.2) is 54.4 Å². The van der Waals surface area contributed by atoms with Crippen LogP contribution in [0.4, 0.5) is 10.1 Å². The van der Waals surface area contributed by atoms with Gasteiger partial charge in [-0.15, -0.1) is 0 Å². The van der Waals surface area contributed by atoms with Gasteiger partial charge in [0.1, 0.15) is 17.3 Å². The lowest BCUT2D eigenvalue weighted by molar-refractivity contribution is 0.156. The van der Waals surface area contributed by atoms with Crippen LogP contribution in [0.15, 0.2) is 60.0 Å². The summed E-state index contributed by atoms with van der Waals surface area (Å²) in [5, 5.41) is 9.33. The van der Waals surface area contributed by atoms with E-state index in [1.807, 2.05) is 6.07 Å².